The minimum absolute atomic E-state index is 0.0475. The third-order valence-electron chi connectivity index (χ3n) is 4.37. The van der Waals surface area contributed by atoms with E-state index in [1.54, 1.807) is 17.0 Å². The van der Waals surface area contributed by atoms with Crippen molar-refractivity contribution in [3.63, 3.8) is 0 Å². The van der Waals surface area contributed by atoms with Gasteiger partial charge in [0.05, 0.1) is 5.69 Å². The first-order valence-corrected chi connectivity index (χ1v) is 8.47. The van der Waals surface area contributed by atoms with Crippen molar-refractivity contribution in [2.75, 3.05) is 18.0 Å². The van der Waals surface area contributed by atoms with Gasteiger partial charge in [-0.1, -0.05) is 6.07 Å². The van der Waals surface area contributed by atoms with Crippen molar-refractivity contribution >= 4 is 17.9 Å². The van der Waals surface area contributed by atoms with E-state index in [4.69, 9.17) is 9.47 Å². The topological polar surface area (TPSA) is 59.1 Å². The Balaban J connectivity index is 1.70. The molecule has 25 heavy (non-hydrogen) atoms. The molecule has 0 N–H and O–H groups in total. The van der Waals surface area contributed by atoms with Gasteiger partial charge in [0.2, 0.25) is 0 Å². The van der Waals surface area contributed by atoms with Crippen LogP contribution in [0.2, 0.25) is 0 Å². The molecular formula is C18H23FN2O4. The molecule has 2 heterocycles. The predicted molar refractivity (Wildman–Crippen MR) is 89.9 cm³/mol. The summed E-state index contributed by atoms with van der Waals surface area (Å²) in [4.78, 5) is 27.6. The number of amides is 2. The second kappa shape index (κ2) is 6.54. The van der Waals surface area contributed by atoms with Crippen LogP contribution in [0.1, 0.15) is 39.2 Å². The summed E-state index contributed by atoms with van der Waals surface area (Å²) in [5, 5.41) is 0. The Bertz CT molecular complexity index is 678. The molecule has 0 bridgehead atoms. The predicted octanol–water partition coefficient (Wildman–Crippen LogP) is 3.68. The molecule has 2 amide bonds. The van der Waals surface area contributed by atoms with Crippen LogP contribution < -0.4 is 4.90 Å². The number of hydrogen-bond acceptors (Lipinski definition) is 4. The van der Waals surface area contributed by atoms with Crippen LogP contribution in [0, 0.1) is 5.82 Å². The molecule has 6 nitrogen and oxygen atoms in total. The van der Waals surface area contributed by atoms with Gasteiger partial charge in [-0.3, -0.25) is 4.90 Å². The highest BCUT2D eigenvalue weighted by Crippen LogP contribution is 2.33. The van der Waals surface area contributed by atoms with Crippen molar-refractivity contribution in [2.24, 2.45) is 0 Å². The number of rotatable bonds is 1. The van der Waals surface area contributed by atoms with Crippen LogP contribution in [0.15, 0.2) is 18.2 Å². The monoisotopic (exact) mass is 350 g/mol. The molecule has 0 atom stereocenters. The maximum absolute atomic E-state index is 14.0. The summed E-state index contributed by atoms with van der Waals surface area (Å²) in [6.45, 7) is 6.39. The number of piperidine rings is 1. The first-order chi connectivity index (χ1) is 11.8. The average Bonchev–Trinajstić information content (AvgIpc) is 2.53. The number of benzene rings is 1. The van der Waals surface area contributed by atoms with E-state index in [1.807, 2.05) is 20.8 Å². The molecule has 2 aliphatic heterocycles. The third kappa shape index (κ3) is 3.70. The molecule has 0 saturated carbocycles. The van der Waals surface area contributed by atoms with Gasteiger partial charge < -0.3 is 14.4 Å². The van der Waals surface area contributed by atoms with E-state index >= 15 is 0 Å². The first kappa shape index (κ1) is 17.5. The molecule has 0 aliphatic carbocycles. The summed E-state index contributed by atoms with van der Waals surface area (Å²) in [5.74, 6) is -0.374. The van der Waals surface area contributed by atoms with Crippen molar-refractivity contribution in [1.82, 2.24) is 4.90 Å². The lowest BCUT2D eigenvalue weighted by Crippen LogP contribution is -2.51. The molecule has 0 spiro atoms. The van der Waals surface area contributed by atoms with Gasteiger partial charge in [-0.05, 0) is 45.7 Å². The van der Waals surface area contributed by atoms with Crippen molar-refractivity contribution in [1.29, 1.82) is 0 Å². The maximum Gasteiger partial charge on any atom is 0.414 e. The summed E-state index contributed by atoms with van der Waals surface area (Å²) in [5.41, 5.74) is 0.421. The number of nitrogens with zero attached hydrogens (tertiary/aromatic N) is 2. The fraction of sp³-hybridized carbons (Fsp3) is 0.556. The maximum atomic E-state index is 14.0. The smallest absolute Gasteiger partial charge is 0.414 e. The number of carbonyl (C=O) groups is 2. The van der Waals surface area contributed by atoms with E-state index in [0.29, 0.717) is 37.2 Å². The zero-order valence-electron chi connectivity index (χ0n) is 14.8. The highest BCUT2D eigenvalue weighted by molar-refractivity contribution is 5.91. The highest BCUT2D eigenvalue weighted by Gasteiger charge is 2.36. The van der Waals surface area contributed by atoms with Crippen LogP contribution in [0.3, 0.4) is 0 Å². The minimum atomic E-state index is -0.541. The van der Waals surface area contributed by atoms with Crippen LogP contribution in [0.5, 0.6) is 0 Å². The summed E-state index contributed by atoms with van der Waals surface area (Å²) < 4.78 is 24.5. The van der Waals surface area contributed by atoms with E-state index in [2.05, 4.69) is 0 Å². The van der Waals surface area contributed by atoms with Gasteiger partial charge in [-0.2, -0.15) is 0 Å². The number of hydrogen-bond donors (Lipinski definition) is 0. The number of halogens is 1. The van der Waals surface area contributed by atoms with Gasteiger partial charge >= 0.3 is 12.2 Å². The van der Waals surface area contributed by atoms with Gasteiger partial charge in [-0.15, -0.1) is 0 Å². The van der Waals surface area contributed by atoms with Crippen molar-refractivity contribution in [2.45, 2.75) is 51.9 Å². The lowest BCUT2D eigenvalue weighted by molar-refractivity contribution is 0.0204. The zero-order chi connectivity index (χ0) is 18.2. The van der Waals surface area contributed by atoms with Crippen LogP contribution >= 0.6 is 0 Å². The fourth-order valence-corrected chi connectivity index (χ4v) is 3.20. The molecule has 1 aromatic rings. The molecular weight excluding hydrogens is 327 g/mol. The molecule has 2 aliphatic rings. The number of ether oxygens (including phenoxy) is 2. The Morgan fingerprint density at radius 1 is 1.28 bits per heavy atom. The lowest BCUT2D eigenvalue weighted by atomic mass is 10.0. The molecule has 3 rings (SSSR count). The number of likely N-dealkylation sites (tertiary alicyclic amines) is 1. The molecule has 0 unspecified atom stereocenters. The summed E-state index contributed by atoms with van der Waals surface area (Å²) >= 11 is 0. The molecule has 7 heteroatoms. The van der Waals surface area contributed by atoms with Gasteiger partial charge in [0.25, 0.3) is 0 Å². The van der Waals surface area contributed by atoms with Crippen LogP contribution in [-0.4, -0.2) is 41.8 Å². The van der Waals surface area contributed by atoms with Crippen LogP contribution in [0.4, 0.5) is 19.7 Å². The largest absolute Gasteiger partial charge is 0.444 e. The lowest BCUT2D eigenvalue weighted by Gasteiger charge is -2.40. The van der Waals surface area contributed by atoms with Crippen molar-refractivity contribution < 1.29 is 23.5 Å². The molecule has 136 valence electrons. The Morgan fingerprint density at radius 3 is 2.60 bits per heavy atom. The molecule has 1 fully saturated rings. The molecule has 1 saturated heterocycles. The van der Waals surface area contributed by atoms with E-state index < -0.39 is 11.7 Å². The minimum Gasteiger partial charge on any atom is -0.444 e. The Kier molecular flexibility index (Phi) is 4.58. The second-order valence-corrected chi connectivity index (χ2v) is 7.36. The van der Waals surface area contributed by atoms with E-state index in [1.165, 1.54) is 11.0 Å². The first-order valence-electron chi connectivity index (χ1n) is 8.47. The van der Waals surface area contributed by atoms with Gasteiger partial charge in [0.15, 0.2) is 0 Å². The molecule has 0 aromatic heterocycles. The number of fused-ring (bicyclic) bond motifs is 1. The number of cyclic esters (lactones) is 1. The SMILES string of the molecule is CC(C)(C)OC(=O)N1CCC(N2C(=O)OCc3c(F)cccc32)CC1. The van der Waals surface area contributed by atoms with E-state index in [0.717, 1.165) is 0 Å². The Morgan fingerprint density at radius 2 is 1.96 bits per heavy atom. The molecule has 0 radical (unpaired) electrons. The third-order valence-corrected chi connectivity index (χ3v) is 4.37. The Hall–Kier alpha value is -2.31. The Labute approximate surface area is 146 Å². The fourth-order valence-electron chi connectivity index (χ4n) is 3.20. The average molecular weight is 350 g/mol. The van der Waals surface area contributed by atoms with Crippen LogP contribution in [0.25, 0.3) is 0 Å². The molecule has 1 aromatic carbocycles. The van der Waals surface area contributed by atoms with Crippen molar-refractivity contribution in [3.8, 4) is 0 Å². The number of anilines is 1. The van der Waals surface area contributed by atoms with Crippen LogP contribution in [-0.2, 0) is 16.1 Å². The van der Waals surface area contributed by atoms with Crippen molar-refractivity contribution in [3.05, 3.63) is 29.6 Å². The highest BCUT2D eigenvalue weighted by atomic mass is 19.1. The second-order valence-electron chi connectivity index (χ2n) is 7.36. The zero-order valence-corrected chi connectivity index (χ0v) is 14.8. The quantitative estimate of drug-likeness (QED) is 0.775. The van der Waals surface area contributed by atoms with Gasteiger partial charge in [-0.25, -0.2) is 14.0 Å². The van der Waals surface area contributed by atoms with Gasteiger partial charge in [0.1, 0.15) is 18.0 Å². The standard InChI is InChI=1S/C18H23FN2O4/c1-18(2,3)25-16(22)20-9-7-12(8-10-20)21-15-6-4-5-14(19)13(15)11-24-17(21)23/h4-6,12H,7-11H2,1-3H3. The summed E-state index contributed by atoms with van der Waals surface area (Å²) in [6, 6.07) is 4.56. The van der Waals surface area contributed by atoms with E-state index in [9.17, 15) is 14.0 Å². The summed E-state index contributed by atoms with van der Waals surface area (Å²) in [7, 11) is 0. The number of carbonyl (C=O) groups excluding carboxylic acids is 2. The normalized spacial score (nSPS) is 18.6. The van der Waals surface area contributed by atoms with Gasteiger partial charge in [0, 0.05) is 24.7 Å². The van der Waals surface area contributed by atoms with E-state index in [-0.39, 0.29) is 24.6 Å². The summed E-state index contributed by atoms with van der Waals surface area (Å²) in [6.07, 6.45) is 0.363.